The van der Waals surface area contributed by atoms with Gasteiger partial charge in [-0.25, -0.2) is 4.79 Å². The van der Waals surface area contributed by atoms with Crippen molar-refractivity contribution in [3.63, 3.8) is 0 Å². The fourth-order valence-corrected chi connectivity index (χ4v) is 1.48. The Morgan fingerprint density at radius 3 is 2.60 bits per heavy atom. The quantitative estimate of drug-likeness (QED) is 0.663. The first kappa shape index (κ1) is 11.5. The summed E-state index contributed by atoms with van der Waals surface area (Å²) in [5.74, 6) is -1.58. The summed E-state index contributed by atoms with van der Waals surface area (Å²) >= 11 is 0. The van der Waals surface area contributed by atoms with Crippen LogP contribution in [0, 0.1) is 0 Å². The van der Waals surface area contributed by atoms with Gasteiger partial charge in [0.2, 0.25) is 11.8 Å². The van der Waals surface area contributed by atoms with E-state index in [1.807, 2.05) is 0 Å². The molecule has 0 saturated carbocycles. The van der Waals surface area contributed by atoms with Crippen molar-refractivity contribution in [2.45, 2.75) is 18.9 Å². The highest BCUT2D eigenvalue weighted by Gasteiger charge is 2.37. The smallest absolute Gasteiger partial charge is 0.326 e. The first-order chi connectivity index (χ1) is 6.93. The maximum Gasteiger partial charge on any atom is 0.326 e. The van der Waals surface area contributed by atoms with E-state index in [-0.39, 0.29) is 31.2 Å². The van der Waals surface area contributed by atoms with Crippen LogP contribution in [0.1, 0.15) is 12.8 Å². The second-order valence-electron chi connectivity index (χ2n) is 3.70. The van der Waals surface area contributed by atoms with Crippen LogP contribution >= 0.6 is 0 Å². The molecule has 0 aromatic heterocycles. The first-order valence-corrected chi connectivity index (χ1v) is 4.66. The Balaban J connectivity index is 2.69. The molecule has 0 bridgehead atoms. The molecule has 1 saturated heterocycles. The SMILES string of the molecule is CN(C)C(=O)CN1C(=O)CCC1C(=O)O. The number of carbonyl (C=O) groups is 3. The number of rotatable bonds is 3. The van der Waals surface area contributed by atoms with Gasteiger partial charge < -0.3 is 14.9 Å². The minimum atomic E-state index is -1.05. The van der Waals surface area contributed by atoms with E-state index < -0.39 is 12.0 Å². The lowest BCUT2D eigenvalue weighted by Gasteiger charge is -2.22. The Labute approximate surface area is 87.5 Å². The van der Waals surface area contributed by atoms with Crippen LogP contribution in [-0.4, -0.2) is 59.4 Å². The van der Waals surface area contributed by atoms with Crippen molar-refractivity contribution in [3.05, 3.63) is 0 Å². The molecule has 0 radical (unpaired) electrons. The van der Waals surface area contributed by atoms with Crippen LogP contribution in [0.15, 0.2) is 0 Å². The van der Waals surface area contributed by atoms with E-state index in [0.717, 1.165) is 4.90 Å². The molecule has 0 aromatic carbocycles. The minimum Gasteiger partial charge on any atom is -0.480 e. The number of likely N-dealkylation sites (tertiary alicyclic amines) is 1. The average molecular weight is 214 g/mol. The standard InChI is InChI=1S/C9H14N2O4/c1-10(2)8(13)5-11-6(9(14)15)3-4-7(11)12/h6H,3-5H2,1-2H3,(H,14,15). The summed E-state index contributed by atoms with van der Waals surface area (Å²) in [6.45, 7) is -0.150. The van der Waals surface area contributed by atoms with Crippen LogP contribution in [0.5, 0.6) is 0 Å². The number of hydrogen-bond acceptors (Lipinski definition) is 3. The zero-order valence-electron chi connectivity index (χ0n) is 8.77. The third-order valence-corrected chi connectivity index (χ3v) is 2.42. The first-order valence-electron chi connectivity index (χ1n) is 4.66. The van der Waals surface area contributed by atoms with Gasteiger partial charge in [0, 0.05) is 20.5 Å². The molecule has 1 rings (SSSR count). The second kappa shape index (κ2) is 4.29. The third kappa shape index (κ3) is 2.45. The third-order valence-electron chi connectivity index (χ3n) is 2.42. The van der Waals surface area contributed by atoms with Gasteiger partial charge in [-0.05, 0) is 6.42 Å². The number of carboxylic acids is 1. The van der Waals surface area contributed by atoms with Gasteiger partial charge in [0.1, 0.15) is 12.6 Å². The largest absolute Gasteiger partial charge is 0.480 e. The molecule has 1 aliphatic heterocycles. The Bertz CT molecular complexity index is 300. The predicted molar refractivity (Wildman–Crippen MR) is 51.1 cm³/mol. The lowest BCUT2D eigenvalue weighted by molar-refractivity contribution is -0.148. The Morgan fingerprint density at radius 1 is 1.53 bits per heavy atom. The zero-order valence-corrected chi connectivity index (χ0v) is 8.77. The maximum atomic E-state index is 11.4. The van der Waals surface area contributed by atoms with E-state index in [0.29, 0.717) is 0 Å². The van der Waals surface area contributed by atoms with Gasteiger partial charge in [0.15, 0.2) is 0 Å². The molecule has 6 nitrogen and oxygen atoms in total. The van der Waals surface area contributed by atoms with Crippen LogP contribution in [-0.2, 0) is 14.4 Å². The lowest BCUT2D eigenvalue weighted by atomic mass is 10.2. The number of carbonyl (C=O) groups excluding carboxylic acids is 2. The number of likely N-dealkylation sites (N-methyl/N-ethyl adjacent to an activating group) is 1. The molecule has 1 heterocycles. The molecule has 1 unspecified atom stereocenters. The molecule has 1 atom stereocenters. The highest BCUT2D eigenvalue weighted by molar-refractivity contribution is 5.91. The van der Waals surface area contributed by atoms with E-state index >= 15 is 0 Å². The van der Waals surface area contributed by atoms with E-state index in [4.69, 9.17) is 5.11 Å². The topological polar surface area (TPSA) is 77.9 Å². The molecule has 84 valence electrons. The summed E-state index contributed by atoms with van der Waals surface area (Å²) in [7, 11) is 3.14. The predicted octanol–water partition coefficient (Wildman–Crippen LogP) is -0.850. The molecular weight excluding hydrogens is 200 g/mol. The van der Waals surface area contributed by atoms with Gasteiger partial charge >= 0.3 is 5.97 Å². The number of hydrogen-bond donors (Lipinski definition) is 1. The fraction of sp³-hybridized carbons (Fsp3) is 0.667. The van der Waals surface area contributed by atoms with Gasteiger partial charge in [0.05, 0.1) is 0 Å². The summed E-state index contributed by atoms with van der Waals surface area (Å²) < 4.78 is 0. The van der Waals surface area contributed by atoms with Crippen molar-refractivity contribution >= 4 is 17.8 Å². The summed E-state index contributed by atoms with van der Waals surface area (Å²) in [5.41, 5.74) is 0. The highest BCUT2D eigenvalue weighted by atomic mass is 16.4. The van der Waals surface area contributed by atoms with Gasteiger partial charge in [-0.2, -0.15) is 0 Å². The summed E-state index contributed by atoms with van der Waals surface area (Å²) in [5, 5.41) is 8.83. The van der Waals surface area contributed by atoms with E-state index in [2.05, 4.69) is 0 Å². The molecule has 1 aliphatic rings. The Hall–Kier alpha value is -1.59. The van der Waals surface area contributed by atoms with E-state index in [1.165, 1.54) is 4.90 Å². The number of nitrogens with zero attached hydrogens (tertiary/aromatic N) is 2. The molecule has 2 amide bonds. The van der Waals surface area contributed by atoms with Gasteiger partial charge in [-0.1, -0.05) is 0 Å². The van der Waals surface area contributed by atoms with Gasteiger partial charge in [-0.15, -0.1) is 0 Å². The molecule has 0 aliphatic carbocycles. The lowest BCUT2D eigenvalue weighted by Crippen LogP contribution is -2.44. The summed E-state index contributed by atoms with van der Waals surface area (Å²) in [6.07, 6.45) is 0.493. The minimum absolute atomic E-state index is 0.150. The summed E-state index contributed by atoms with van der Waals surface area (Å²) in [4.78, 5) is 35.9. The van der Waals surface area contributed by atoms with Crippen LogP contribution in [0.4, 0.5) is 0 Å². The number of carboxylic acid groups (broad SMARTS) is 1. The average Bonchev–Trinajstić information content (AvgIpc) is 2.48. The molecule has 6 heteroatoms. The van der Waals surface area contributed by atoms with E-state index in [9.17, 15) is 14.4 Å². The maximum absolute atomic E-state index is 11.4. The van der Waals surface area contributed by atoms with Crippen molar-refractivity contribution < 1.29 is 19.5 Å². The van der Waals surface area contributed by atoms with Crippen LogP contribution in [0.25, 0.3) is 0 Å². The van der Waals surface area contributed by atoms with Gasteiger partial charge in [0.25, 0.3) is 0 Å². The number of amides is 2. The fourth-order valence-electron chi connectivity index (χ4n) is 1.48. The second-order valence-corrected chi connectivity index (χ2v) is 3.70. The van der Waals surface area contributed by atoms with Crippen molar-refractivity contribution in [1.82, 2.24) is 9.80 Å². The monoisotopic (exact) mass is 214 g/mol. The van der Waals surface area contributed by atoms with Crippen molar-refractivity contribution in [2.24, 2.45) is 0 Å². The van der Waals surface area contributed by atoms with Crippen LogP contribution in [0.2, 0.25) is 0 Å². The van der Waals surface area contributed by atoms with Crippen molar-refractivity contribution in [3.8, 4) is 0 Å². The zero-order chi connectivity index (χ0) is 11.6. The normalized spacial score (nSPS) is 20.5. The van der Waals surface area contributed by atoms with Crippen LogP contribution in [0.3, 0.4) is 0 Å². The van der Waals surface area contributed by atoms with Crippen molar-refractivity contribution in [1.29, 1.82) is 0 Å². The van der Waals surface area contributed by atoms with Crippen molar-refractivity contribution in [2.75, 3.05) is 20.6 Å². The molecular formula is C9H14N2O4. The van der Waals surface area contributed by atoms with Gasteiger partial charge in [-0.3, -0.25) is 9.59 Å². The molecule has 15 heavy (non-hydrogen) atoms. The highest BCUT2D eigenvalue weighted by Crippen LogP contribution is 2.18. The Morgan fingerprint density at radius 2 is 2.13 bits per heavy atom. The molecule has 0 aromatic rings. The summed E-state index contributed by atoms with van der Waals surface area (Å²) in [6, 6.07) is -0.846. The van der Waals surface area contributed by atoms with E-state index in [1.54, 1.807) is 14.1 Å². The Kier molecular flexibility index (Phi) is 3.28. The molecule has 0 spiro atoms. The molecule has 1 fully saturated rings. The van der Waals surface area contributed by atoms with Crippen LogP contribution < -0.4 is 0 Å². The number of aliphatic carboxylic acids is 1. The molecule has 1 N–H and O–H groups in total.